The molecule has 2 heterocycles. The van der Waals surface area contributed by atoms with Gasteiger partial charge < -0.3 is 0 Å². The molecule has 2 aromatic heterocycles. The summed E-state index contributed by atoms with van der Waals surface area (Å²) in [5.41, 5.74) is 5.94. The fraction of sp³-hybridized carbons (Fsp3) is 0.333. The van der Waals surface area contributed by atoms with Gasteiger partial charge in [0.15, 0.2) is 0 Å². The average molecular weight is 374 g/mol. The van der Waals surface area contributed by atoms with E-state index in [4.69, 9.17) is 0 Å². The van der Waals surface area contributed by atoms with Crippen molar-refractivity contribution in [2.24, 2.45) is 0 Å². The molecule has 5 nitrogen and oxygen atoms in total. The number of nitrogens with one attached hydrogen (secondary N) is 1. The molecule has 1 aliphatic rings. The molecule has 0 amide bonds. The van der Waals surface area contributed by atoms with Gasteiger partial charge in [0.2, 0.25) is 10.0 Å². The van der Waals surface area contributed by atoms with Gasteiger partial charge in [-0.3, -0.25) is 4.98 Å². The summed E-state index contributed by atoms with van der Waals surface area (Å²) in [7, 11) is -3.18. The molecule has 0 atom stereocenters. The van der Waals surface area contributed by atoms with Gasteiger partial charge in [0, 0.05) is 29.9 Å². The van der Waals surface area contributed by atoms with E-state index in [1.54, 1.807) is 18.3 Å². The molecule has 0 bridgehead atoms. The van der Waals surface area contributed by atoms with Crippen LogP contribution in [0.15, 0.2) is 42.2 Å². The third-order valence-electron chi connectivity index (χ3n) is 4.88. The first-order chi connectivity index (χ1) is 12.0. The minimum Gasteiger partial charge on any atom is -0.264 e. The predicted octanol–water partition coefficient (Wildman–Crippen LogP) is 3.33. The smallest absolute Gasteiger partial charge is 0.211 e. The van der Waals surface area contributed by atoms with Gasteiger partial charge in [0.1, 0.15) is 0 Å². The number of aromatic nitrogens is 2. The van der Waals surface area contributed by atoms with Crippen molar-refractivity contribution in [1.82, 2.24) is 14.7 Å². The molecule has 0 aliphatic heterocycles. The zero-order valence-corrected chi connectivity index (χ0v) is 15.5. The predicted molar refractivity (Wildman–Crippen MR) is 101 cm³/mol. The highest BCUT2D eigenvalue weighted by Gasteiger charge is 2.45. The van der Waals surface area contributed by atoms with E-state index in [9.17, 15) is 8.42 Å². The molecule has 0 unspecified atom stereocenters. The van der Waals surface area contributed by atoms with Crippen LogP contribution in [0.1, 0.15) is 25.3 Å². The third kappa shape index (κ3) is 3.31. The minimum atomic E-state index is -3.18. The molecule has 1 fully saturated rings. The maximum Gasteiger partial charge on any atom is 0.211 e. The molecule has 25 heavy (non-hydrogen) atoms. The highest BCUT2D eigenvalue weighted by molar-refractivity contribution is 7.89. The molecule has 4 rings (SSSR count). The van der Waals surface area contributed by atoms with Crippen LogP contribution in [0, 0.1) is 0 Å². The Hall–Kier alpha value is -1.83. The zero-order chi connectivity index (χ0) is 17.5. The van der Waals surface area contributed by atoms with Crippen LogP contribution in [-0.2, 0) is 15.4 Å². The Morgan fingerprint density at radius 2 is 2.04 bits per heavy atom. The molecule has 1 aromatic carbocycles. The Balaban J connectivity index is 1.63. The van der Waals surface area contributed by atoms with Crippen molar-refractivity contribution in [1.29, 1.82) is 0 Å². The summed E-state index contributed by atoms with van der Waals surface area (Å²) in [6.45, 7) is 2.10. The summed E-state index contributed by atoms with van der Waals surface area (Å²) < 4.78 is 27.4. The minimum absolute atomic E-state index is 0.106. The summed E-state index contributed by atoms with van der Waals surface area (Å²) in [5, 5.41) is 0. The van der Waals surface area contributed by atoms with Crippen LogP contribution in [0.25, 0.3) is 21.3 Å². The Morgan fingerprint density at radius 3 is 2.80 bits per heavy atom. The lowest BCUT2D eigenvalue weighted by Gasteiger charge is -2.17. The van der Waals surface area contributed by atoms with Crippen LogP contribution in [-0.4, -0.2) is 30.7 Å². The van der Waals surface area contributed by atoms with E-state index in [-0.39, 0.29) is 11.2 Å². The quantitative estimate of drug-likeness (QED) is 0.719. The first-order valence-electron chi connectivity index (χ1n) is 8.28. The summed E-state index contributed by atoms with van der Waals surface area (Å²) >= 11 is 1.63. The van der Waals surface area contributed by atoms with Gasteiger partial charge in [-0.2, -0.15) is 0 Å². The molecule has 130 valence electrons. The van der Waals surface area contributed by atoms with Crippen LogP contribution >= 0.6 is 11.3 Å². The van der Waals surface area contributed by atoms with E-state index >= 15 is 0 Å². The van der Waals surface area contributed by atoms with Crippen molar-refractivity contribution in [3.8, 4) is 11.1 Å². The summed E-state index contributed by atoms with van der Waals surface area (Å²) in [4.78, 5) is 8.78. The van der Waals surface area contributed by atoms with E-state index in [1.807, 2.05) is 17.9 Å². The summed E-state index contributed by atoms with van der Waals surface area (Å²) in [5.74, 6) is 0.106. The van der Waals surface area contributed by atoms with Crippen LogP contribution in [0.3, 0.4) is 0 Å². The van der Waals surface area contributed by atoms with Crippen molar-refractivity contribution in [3.05, 3.63) is 47.7 Å². The molecule has 3 aromatic rings. The molecular formula is C18H19N3O2S2. The fourth-order valence-corrected chi connectivity index (χ4v) is 4.35. The third-order valence-corrected chi connectivity index (χ3v) is 7.03. The first-order valence-corrected chi connectivity index (χ1v) is 10.8. The van der Waals surface area contributed by atoms with Gasteiger partial charge in [-0.15, -0.1) is 11.3 Å². The average Bonchev–Trinajstić information content (AvgIpc) is 3.29. The van der Waals surface area contributed by atoms with Gasteiger partial charge in [0.05, 0.1) is 21.5 Å². The maximum absolute atomic E-state index is 11.8. The number of fused-ring (bicyclic) bond motifs is 1. The lowest BCUT2D eigenvalue weighted by atomic mass is 9.95. The van der Waals surface area contributed by atoms with Crippen molar-refractivity contribution in [2.45, 2.75) is 25.2 Å². The molecule has 7 heteroatoms. The highest BCUT2D eigenvalue weighted by Crippen LogP contribution is 2.48. The van der Waals surface area contributed by atoms with E-state index in [2.05, 4.69) is 39.0 Å². The molecule has 1 N–H and O–H groups in total. The SMILES string of the molecule is CCS(=O)(=O)NCC1(c2cncc(-c3ccc4scnc4c3)c2)CC1. The van der Waals surface area contributed by atoms with E-state index in [1.165, 1.54) is 4.70 Å². The largest absolute Gasteiger partial charge is 0.264 e. The Bertz CT molecular complexity index is 1020. The number of hydrogen-bond donors (Lipinski definition) is 1. The second-order valence-corrected chi connectivity index (χ2v) is 9.48. The normalized spacial score (nSPS) is 16.2. The number of sulfonamides is 1. The van der Waals surface area contributed by atoms with Crippen LogP contribution in [0.5, 0.6) is 0 Å². The zero-order valence-electron chi connectivity index (χ0n) is 13.9. The van der Waals surface area contributed by atoms with Crippen molar-refractivity contribution in [2.75, 3.05) is 12.3 Å². The van der Waals surface area contributed by atoms with E-state index < -0.39 is 10.0 Å². The monoisotopic (exact) mass is 373 g/mol. The van der Waals surface area contributed by atoms with Crippen molar-refractivity contribution in [3.63, 3.8) is 0 Å². The Labute approximate surface area is 151 Å². The van der Waals surface area contributed by atoms with Crippen molar-refractivity contribution >= 4 is 31.6 Å². The molecular weight excluding hydrogens is 354 g/mol. The van der Waals surface area contributed by atoms with Crippen LogP contribution in [0.4, 0.5) is 0 Å². The first kappa shape index (κ1) is 16.6. The Morgan fingerprint density at radius 1 is 1.20 bits per heavy atom. The Kier molecular flexibility index (Phi) is 4.10. The molecule has 0 saturated heterocycles. The highest BCUT2D eigenvalue weighted by atomic mass is 32.2. The summed E-state index contributed by atoms with van der Waals surface area (Å²) in [6.07, 6.45) is 5.67. The van der Waals surface area contributed by atoms with Crippen molar-refractivity contribution < 1.29 is 8.42 Å². The fourth-order valence-electron chi connectivity index (χ4n) is 2.99. The molecule has 0 radical (unpaired) electrons. The second kappa shape index (κ2) is 6.16. The second-order valence-electron chi connectivity index (χ2n) is 6.50. The maximum atomic E-state index is 11.8. The lowest BCUT2D eigenvalue weighted by Crippen LogP contribution is -2.33. The van der Waals surface area contributed by atoms with Crippen LogP contribution < -0.4 is 4.72 Å². The standard InChI is InChI=1S/C18H19N3O2S2/c1-2-25(22,23)21-11-18(5-6-18)15-7-14(9-19-10-15)13-3-4-17-16(8-13)20-12-24-17/h3-4,7-10,12,21H,2,5-6,11H2,1H3. The topological polar surface area (TPSA) is 72.0 Å². The van der Waals surface area contributed by atoms with E-state index in [0.29, 0.717) is 6.54 Å². The molecule has 1 saturated carbocycles. The number of benzene rings is 1. The number of pyridine rings is 1. The summed E-state index contributed by atoms with van der Waals surface area (Å²) in [6, 6.07) is 8.37. The molecule has 1 aliphatic carbocycles. The van der Waals surface area contributed by atoms with Gasteiger partial charge in [-0.1, -0.05) is 6.07 Å². The van der Waals surface area contributed by atoms with Gasteiger partial charge in [-0.05, 0) is 49.1 Å². The van der Waals surface area contributed by atoms with Gasteiger partial charge in [-0.25, -0.2) is 18.1 Å². The van der Waals surface area contributed by atoms with Crippen LogP contribution in [0.2, 0.25) is 0 Å². The van der Waals surface area contributed by atoms with E-state index in [0.717, 1.165) is 35.0 Å². The van der Waals surface area contributed by atoms with Gasteiger partial charge >= 0.3 is 0 Å². The van der Waals surface area contributed by atoms with Gasteiger partial charge in [0.25, 0.3) is 0 Å². The lowest BCUT2D eigenvalue weighted by molar-refractivity contribution is 0.568. The number of hydrogen-bond acceptors (Lipinski definition) is 5. The molecule has 0 spiro atoms. The number of rotatable bonds is 6. The number of thiazole rings is 1. The number of nitrogens with zero attached hydrogens (tertiary/aromatic N) is 2.